The van der Waals surface area contributed by atoms with Gasteiger partial charge in [0.1, 0.15) is 0 Å². The predicted molar refractivity (Wildman–Crippen MR) is 151 cm³/mol. The Morgan fingerprint density at radius 1 is 1.27 bits per heavy atom. The number of aryl methyl sites for hydroxylation is 1. The van der Waals surface area contributed by atoms with Crippen molar-refractivity contribution >= 4 is 17.5 Å². The van der Waals surface area contributed by atoms with E-state index in [1.165, 1.54) is 0 Å². The lowest BCUT2D eigenvalue weighted by atomic mass is 9.96. The van der Waals surface area contributed by atoms with E-state index in [9.17, 15) is 9.90 Å². The Morgan fingerprint density at radius 2 is 2.10 bits per heavy atom. The molecule has 0 saturated heterocycles. The molecule has 12 heteroatoms. The number of carbonyl (C=O) groups excluding carboxylic acids is 1. The van der Waals surface area contributed by atoms with Gasteiger partial charge in [-0.15, -0.1) is 5.10 Å². The van der Waals surface area contributed by atoms with E-state index in [2.05, 4.69) is 53.2 Å². The highest BCUT2D eigenvalue weighted by Gasteiger charge is 2.27. The molecule has 3 aromatic heterocycles. The number of aromatic amines is 1. The second-order valence-corrected chi connectivity index (χ2v) is 11.3. The quantitative estimate of drug-likeness (QED) is 0.275. The largest absolute Gasteiger partial charge is 0.392 e. The van der Waals surface area contributed by atoms with E-state index < -0.39 is 6.10 Å². The van der Waals surface area contributed by atoms with Gasteiger partial charge >= 0.3 is 0 Å². The van der Waals surface area contributed by atoms with Gasteiger partial charge in [0, 0.05) is 31.4 Å². The van der Waals surface area contributed by atoms with Crippen molar-refractivity contribution in [2.75, 3.05) is 18.4 Å². The minimum Gasteiger partial charge on any atom is -0.392 e. The summed E-state index contributed by atoms with van der Waals surface area (Å²) < 4.78 is 1.69. The maximum Gasteiger partial charge on any atom is 0.273 e. The van der Waals surface area contributed by atoms with E-state index in [1.54, 1.807) is 30.2 Å². The van der Waals surface area contributed by atoms with Crippen LogP contribution in [0.25, 0.3) is 11.3 Å². The zero-order chi connectivity index (χ0) is 28.4. The number of aliphatic hydroxyl groups is 1. The molecule has 0 bridgehead atoms. The van der Waals surface area contributed by atoms with Crippen LogP contribution in [-0.2, 0) is 12.1 Å². The lowest BCUT2D eigenvalue weighted by Gasteiger charge is -2.22. The molecule has 0 radical (unpaired) electrons. The lowest BCUT2D eigenvalue weighted by Crippen LogP contribution is -2.32. The molecular weight excluding hydrogens is 508 g/mol. The summed E-state index contributed by atoms with van der Waals surface area (Å²) >= 11 is 0. The number of aliphatic hydroxyl groups excluding tert-OH is 1. The summed E-state index contributed by atoms with van der Waals surface area (Å²) in [5.41, 5.74) is 5.53. The van der Waals surface area contributed by atoms with Gasteiger partial charge in [-0.2, -0.15) is 5.10 Å². The van der Waals surface area contributed by atoms with Crippen molar-refractivity contribution in [2.24, 2.45) is 0 Å². The van der Waals surface area contributed by atoms with Crippen LogP contribution in [0.4, 0.5) is 11.6 Å². The third-order valence-electron chi connectivity index (χ3n) is 6.92. The Morgan fingerprint density at radius 3 is 2.80 bits per heavy atom. The first-order valence-electron chi connectivity index (χ1n) is 13.4. The normalized spacial score (nSPS) is 16.7. The van der Waals surface area contributed by atoms with Crippen LogP contribution in [0.15, 0.2) is 42.9 Å². The Bertz CT molecular complexity index is 1490. The van der Waals surface area contributed by atoms with Crippen molar-refractivity contribution in [3.63, 3.8) is 0 Å². The third kappa shape index (κ3) is 6.18. The zero-order valence-corrected chi connectivity index (χ0v) is 23.5. The first-order valence-corrected chi connectivity index (χ1v) is 13.4. The van der Waals surface area contributed by atoms with Gasteiger partial charge in [0.25, 0.3) is 5.91 Å². The van der Waals surface area contributed by atoms with Gasteiger partial charge in [-0.05, 0) is 64.3 Å². The van der Waals surface area contributed by atoms with Gasteiger partial charge in [-0.25, -0.2) is 14.6 Å². The number of hydrogen-bond acceptors (Lipinski definition) is 9. The number of hydrogen-bond donors (Lipinski definition) is 4. The molecule has 0 spiro atoms. The standard InChI is InChI=1S/C28H36N10O2/c1-17(39)14-37-11-9-23(31-26(40)25-16-38(36-35-25)28(3,4)5)21-7-6-19(12-20(21)15-37)22-8-10-29-27(32-22)33-24-13-30-34-18(24)2/h6-8,10,12-13,16-17,23,39H,9,11,14-15H2,1-5H3,(H,30,34)(H,31,40)(H,29,32,33)/t17-,23-/m0/s1. The van der Waals surface area contributed by atoms with Crippen molar-refractivity contribution in [3.8, 4) is 11.3 Å². The number of β-amino-alcohol motifs (C(OH)–C–C–N with tert-alkyl or cyclic N) is 1. The molecule has 0 fully saturated rings. The predicted octanol–water partition coefficient (Wildman–Crippen LogP) is 3.32. The number of carbonyl (C=O) groups is 1. The summed E-state index contributed by atoms with van der Waals surface area (Å²) in [5, 5.41) is 31.7. The summed E-state index contributed by atoms with van der Waals surface area (Å²) in [7, 11) is 0. The second-order valence-electron chi connectivity index (χ2n) is 11.3. The topological polar surface area (TPSA) is 150 Å². The third-order valence-corrected chi connectivity index (χ3v) is 6.92. The Hall–Kier alpha value is -4.16. The number of amides is 1. The SMILES string of the molecule is Cc1[nH]ncc1Nc1nccc(-c2ccc3c(c2)CN(C[C@H](C)O)CC[C@@H]3NC(=O)c2cn(C(C)(C)C)nn2)n1. The fraction of sp³-hybridized carbons (Fsp3) is 0.429. The number of nitrogens with one attached hydrogen (secondary N) is 3. The van der Waals surface area contributed by atoms with E-state index in [-0.39, 0.29) is 23.2 Å². The lowest BCUT2D eigenvalue weighted by molar-refractivity contribution is 0.0921. The number of fused-ring (bicyclic) bond motifs is 1. The van der Waals surface area contributed by atoms with Crippen LogP contribution in [0.3, 0.4) is 0 Å². The van der Waals surface area contributed by atoms with Crippen LogP contribution in [0, 0.1) is 6.92 Å². The molecule has 2 atom stereocenters. The highest BCUT2D eigenvalue weighted by molar-refractivity contribution is 5.92. The fourth-order valence-corrected chi connectivity index (χ4v) is 4.81. The highest BCUT2D eigenvalue weighted by Crippen LogP contribution is 2.31. The van der Waals surface area contributed by atoms with Gasteiger partial charge in [-0.3, -0.25) is 14.8 Å². The van der Waals surface area contributed by atoms with Crippen LogP contribution < -0.4 is 10.6 Å². The molecule has 12 nitrogen and oxygen atoms in total. The summed E-state index contributed by atoms with van der Waals surface area (Å²) in [5.74, 6) is 0.210. The number of H-pyrrole nitrogens is 1. The number of rotatable bonds is 7. The molecule has 0 unspecified atom stereocenters. The second kappa shape index (κ2) is 11.1. The van der Waals surface area contributed by atoms with E-state index in [0.717, 1.165) is 40.3 Å². The fourth-order valence-electron chi connectivity index (χ4n) is 4.81. The first-order chi connectivity index (χ1) is 19.1. The van der Waals surface area contributed by atoms with Crippen LogP contribution in [0.1, 0.15) is 67.5 Å². The number of aromatic nitrogens is 7. The van der Waals surface area contributed by atoms with Crippen LogP contribution >= 0.6 is 0 Å². The number of nitrogens with zero attached hydrogens (tertiary/aromatic N) is 7. The van der Waals surface area contributed by atoms with Crippen molar-refractivity contribution in [1.82, 2.24) is 45.4 Å². The van der Waals surface area contributed by atoms with Crippen LogP contribution in [-0.4, -0.2) is 70.3 Å². The van der Waals surface area contributed by atoms with Crippen molar-refractivity contribution in [3.05, 3.63) is 65.4 Å². The molecular formula is C28H36N10O2. The van der Waals surface area contributed by atoms with E-state index in [1.807, 2.05) is 39.8 Å². The van der Waals surface area contributed by atoms with Gasteiger partial charge in [-0.1, -0.05) is 17.3 Å². The van der Waals surface area contributed by atoms with Gasteiger partial charge in [0.2, 0.25) is 5.95 Å². The van der Waals surface area contributed by atoms with E-state index in [4.69, 9.17) is 4.98 Å². The molecule has 40 heavy (non-hydrogen) atoms. The van der Waals surface area contributed by atoms with Crippen molar-refractivity contribution < 1.29 is 9.90 Å². The molecule has 1 amide bonds. The minimum absolute atomic E-state index is 0.220. The summed E-state index contributed by atoms with van der Waals surface area (Å²) in [6.45, 7) is 11.6. The zero-order valence-electron chi connectivity index (χ0n) is 23.5. The van der Waals surface area contributed by atoms with Crippen LogP contribution in [0.5, 0.6) is 0 Å². The molecule has 210 valence electrons. The van der Waals surface area contributed by atoms with Crippen molar-refractivity contribution in [2.45, 2.75) is 65.3 Å². The summed E-state index contributed by atoms with van der Waals surface area (Å²) in [4.78, 5) is 24.5. The summed E-state index contributed by atoms with van der Waals surface area (Å²) in [6, 6.07) is 7.84. The Labute approximate surface area is 233 Å². The minimum atomic E-state index is -0.466. The molecule has 4 heterocycles. The molecule has 0 saturated carbocycles. The van der Waals surface area contributed by atoms with E-state index >= 15 is 0 Å². The molecule has 0 aliphatic carbocycles. The summed E-state index contributed by atoms with van der Waals surface area (Å²) in [6.07, 6.45) is 5.33. The molecule has 1 aliphatic heterocycles. The van der Waals surface area contributed by atoms with Crippen LogP contribution in [0.2, 0.25) is 0 Å². The number of benzene rings is 1. The molecule has 4 N–H and O–H groups in total. The monoisotopic (exact) mass is 544 g/mol. The molecule has 5 rings (SSSR count). The smallest absolute Gasteiger partial charge is 0.273 e. The van der Waals surface area contributed by atoms with Crippen molar-refractivity contribution in [1.29, 1.82) is 0 Å². The average Bonchev–Trinajstić information content (AvgIpc) is 3.52. The van der Waals surface area contributed by atoms with Gasteiger partial charge in [0.15, 0.2) is 5.69 Å². The van der Waals surface area contributed by atoms with E-state index in [0.29, 0.717) is 25.5 Å². The Kier molecular flexibility index (Phi) is 7.63. The molecule has 4 aromatic rings. The average molecular weight is 545 g/mol. The highest BCUT2D eigenvalue weighted by atomic mass is 16.3. The maximum atomic E-state index is 13.2. The molecule has 1 aliphatic rings. The van der Waals surface area contributed by atoms with Gasteiger partial charge in [0.05, 0.1) is 47.2 Å². The maximum absolute atomic E-state index is 13.2. The first kappa shape index (κ1) is 27.4. The number of anilines is 2. The Balaban J connectivity index is 1.43. The van der Waals surface area contributed by atoms with Gasteiger partial charge < -0.3 is 15.7 Å². The molecule has 1 aromatic carbocycles.